The summed E-state index contributed by atoms with van der Waals surface area (Å²) in [5.41, 5.74) is 0.101. The van der Waals surface area contributed by atoms with Crippen molar-refractivity contribution < 1.29 is 19.1 Å². The van der Waals surface area contributed by atoms with Crippen LogP contribution in [0.5, 0.6) is 0 Å². The molecule has 0 radical (unpaired) electrons. The molecule has 1 atom stereocenters. The molecule has 0 fully saturated rings. The number of halogens is 1. The lowest BCUT2D eigenvalue weighted by Crippen LogP contribution is -2.40. The van der Waals surface area contributed by atoms with Crippen molar-refractivity contribution in [2.24, 2.45) is 0 Å². The van der Waals surface area contributed by atoms with Gasteiger partial charge in [-0.15, -0.1) is 0 Å². The zero-order valence-electron chi connectivity index (χ0n) is 16.2. The quantitative estimate of drug-likeness (QED) is 0.312. The minimum atomic E-state index is -0.521. The highest BCUT2D eigenvalue weighted by atomic mass is 79.9. The van der Waals surface area contributed by atoms with Crippen LogP contribution >= 0.6 is 15.9 Å². The van der Waals surface area contributed by atoms with E-state index in [2.05, 4.69) is 26.6 Å². The van der Waals surface area contributed by atoms with Crippen molar-refractivity contribution in [2.75, 3.05) is 18.4 Å². The van der Waals surface area contributed by atoms with Gasteiger partial charge in [0.1, 0.15) is 5.60 Å². The molecule has 7 heteroatoms. The van der Waals surface area contributed by atoms with Crippen molar-refractivity contribution in [3.8, 4) is 0 Å². The van der Waals surface area contributed by atoms with Crippen molar-refractivity contribution in [3.05, 3.63) is 35.9 Å². The van der Waals surface area contributed by atoms with Crippen LogP contribution in [0.4, 0.5) is 4.79 Å². The van der Waals surface area contributed by atoms with E-state index in [0.29, 0.717) is 18.5 Å². The topological polar surface area (TPSA) is 84.5 Å². The van der Waals surface area contributed by atoms with Gasteiger partial charge in [0.25, 0.3) is 0 Å². The maximum atomic E-state index is 12.2. The molecule has 0 heterocycles. The predicted octanol–water partition coefficient (Wildman–Crippen LogP) is 3.49. The van der Waals surface area contributed by atoms with E-state index in [-0.39, 0.29) is 23.4 Å². The first-order valence-electron chi connectivity index (χ1n) is 9.10. The van der Waals surface area contributed by atoms with Gasteiger partial charge in [-0.05, 0) is 40.0 Å². The average Bonchev–Trinajstić information content (AvgIpc) is 2.62. The zero-order chi connectivity index (χ0) is 20.3. The molecule has 6 nitrogen and oxygen atoms in total. The van der Waals surface area contributed by atoms with Gasteiger partial charge in [0, 0.05) is 12.1 Å². The maximum absolute atomic E-state index is 12.2. The molecule has 0 bridgehead atoms. The number of nitrogens with one attached hydrogen (secondary N) is 2. The molecule has 0 aliphatic rings. The summed E-state index contributed by atoms with van der Waals surface area (Å²) in [5, 5.41) is 5.99. The normalized spacial score (nSPS) is 12.3. The van der Waals surface area contributed by atoms with E-state index in [1.54, 1.807) is 12.1 Å². The maximum Gasteiger partial charge on any atom is 0.407 e. The second-order valence-electron chi connectivity index (χ2n) is 7.25. The van der Waals surface area contributed by atoms with Crippen LogP contribution in [0.1, 0.15) is 50.4 Å². The van der Waals surface area contributed by atoms with E-state index >= 15 is 0 Å². The molecule has 0 aliphatic heterocycles. The number of Topliss-reactive ketones (excluding diaryl/α,β-unsaturated/α-hetero) is 2. The van der Waals surface area contributed by atoms with E-state index in [9.17, 15) is 14.4 Å². The number of ketones is 2. The van der Waals surface area contributed by atoms with E-state index in [1.165, 1.54) is 0 Å². The number of alkyl carbamates (subject to hydrolysis) is 1. The second kappa shape index (κ2) is 11.9. The van der Waals surface area contributed by atoms with E-state index in [0.717, 1.165) is 12.8 Å². The first kappa shape index (κ1) is 23.3. The van der Waals surface area contributed by atoms with Gasteiger partial charge in [-0.25, -0.2) is 4.79 Å². The lowest BCUT2D eigenvalue weighted by atomic mass is 10.1. The fraction of sp³-hybridized carbons (Fsp3) is 0.550. The molecule has 0 aromatic heterocycles. The van der Waals surface area contributed by atoms with Crippen LogP contribution < -0.4 is 10.6 Å². The lowest BCUT2D eigenvalue weighted by Gasteiger charge is -2.20. The molecule has 150 valence electrons. The third-order valence-corrected chi connectivity index (χ3v) is 4.27. The first-order valence-corrected chi connectivity index (χ1v) is 10.2. The first-order chi connectivity index (χ1) is 12.7. The standard InChI is InChI=1S/C20H29BrN2O4/c1-20(2,3)27-19(26)22-12-8-7-11-16(17(24)13-21)23-14-18(25)15-9-5-4-6-10-15/h4-6,9-10,16,23H,7-8,11-14H2,1-3H3,(H,22,26). The van der Waals surface area contributed by atoms with Gasteiger partial charge < -0.3 is 15.4 Å². The fourth-order valence-electron chi connectivity index (χ4n) is 2.39. The van der Waals surface area contributed by atoms with Crippen molar-refractivity contribution in [2.45, 2.75) is 51.7 Å². The van der Waals surface area contributed by atoms with Crippen molar-refractivity contribution in [1.82, 2.24) is 10.6 Å². The number of rotatable bonds is 11. The minimum Gasteiger partial charge on any atom is -0.444 e. The molecule has 1 unspecified atom stereocenters. The van der Waals surface area contributed by atoms with Crippen LogP contribution in [0.2, 0.25) is 0 Å². The van der Waals surface area contributed by atoms with Crippen molar-refractivity contribution in [1.29, 1.82) is 0 Å². The summed E-state index contributed by atoms with van der Waals surface area (Å²) in [5.74, 6) is -0.0365. The Hall–Kier alpha value is -1.73. The summed E-state index contributed by atoms with van der Waals surface area (Å²) in [6, 6.07) is 8.60. The Morgan fingerprint density at radius 1 is 1.11 bits per heavy atom. The number of ether oxygens (including phenoxy) is 1. The monoisotopic (exact) mass is 440 g/mol. The number of hydrogen-bond donors (Lipinski definition) is 2. The Morgan fingerprint density at radius 2 is 1.78 bits per heavy atom. The summed E-state index contributed by atoms with van der Waals surface area (Å²) >= 11 is 3.19. The Bertz CT molecular complexity index is 614. The van der Waals surface area contributed by atoms with Crippen LogP contribution in [0, 0.1) is 0 Å². The number of unbranched alkanes of at least 4 members (excludes halogenated alkanes) is 1. The summed E-state index contributed by atoms with van der Waals surface area (Å²) in [4.78, 5) is 35.8. The highest BCUT2D eigenvalue weighted by molar-refractivity contribution is 9.09. The van der Waals surface area contributed by atoms with Crippen molar-refractivity contribution >= 4 is 33.6 Å². The summed E-state index contributed by atoms with van der Waals surface area (Å²) in [6.07, 6.45) is 1.62. The van der Waals surface area contributed by atoms with Gasteiger partial charge in [0.05, 0.1) is 17.9 Å². The largest absolute Gasteiger partial charge is 0.444 e. The molecular formula is C20H29BrN2O4. The van der Waals surface area contributed by atoms with Gasteiger partial charge in [-0.3, -0.25) is 9.59 Å². The lowest BCUT2D eigenvalue weighted by molar-refractivity contribution is -0.118. The van der Waals surface area contributed by atoms with Gasteiger partial charge in [-0.2, -0.15) is 0 Å². The van der Waals surface area contributed by atoms with Crippen LogP contribution in [0.15, 0.2) is 30.3 Å². The molecular weight excluding hydrogens is 412 g/mol. The molecule has 27 heavy (non-hydrogen) atoms. The summed E-state index contributed by atoms with van der Waals surface area (Å²) in [7, 11) is 0. The molecule has 1 aromatic carbocycles. The fourth-order valence-corrected chi connectivity index (χ4v) is 2.78. The Morgan fingerprint density at radius 3 is 2.37 bits per heavy atom. The number of alkyl halides is 1. The highest BCUT2D eigenvalue weighted by Crippen LogP contribution is 2.08. The Balaban J connectivity index is 2.35. The molecule has 1 amide bonds. The molecule has 0 saturated heterocycles. The number of amides is 1. The molecule has 0 spiro atoms. The van der Waals surface area contributed by atoms with Crippen LogP contribution in [0.3, 0.4) is 0 Å². The van der Waals surface area contributed by atoms with Crippen LogP contribution in [0.25, 0.3) is 0 Å². The van der Waals surface area contributed by atoms with Gasteiger partial charge >= 0.3 is 6.09 Å². The molecule has 0 saturated carbocycles. The van der Waals surface area contributed by atoms with Crippen LogP contribution in [-0.4, -0.2) is 47.7 Å². The van der Waals surface area contributed by atoms with E-state index in [4.69, 9.17) is 4.74 Å². The van der Waals surface area contributed by atoms with Crippen molar-refractivity contribution in [3.63, 3.8) is 0 Å². The van der Waals surface area contributed by atoms with E-state index < -0.39 is 17.7 Å². The second-order valence-corrected chi connectivity index (χ2v) is 7.81. The Labute approximate surface area is 169 Å². The predicted molar refractivity (Wildman–Crippen MR) is 109 cm³/mol. The summed E-state index contributed by atoms with van der Waals surface area (Å²) < 4.78 is 5.17. The van der Waals surface area contributed by atoms with Gasteiger partial charge in [0.15, 0.2) is 11.6 Å². The number of benzene rings is 1. The van der Waals surface area contributed by atoms with E-state index in [1.807, 2.05) is 39.0 Å². The minimum absolute atomic E-state index is 0.0102. The third kappa shape index (κ3) is 10.2. The number of carbonyl (C=O) groups excluding carboxylic acids is 3. The van der Waals surface area contributed by atoms with Crippen LogP contribution in [-0.2, 0) is 9.53 Å². The van der Waals surface area contributed by atoms with Gasteiger partial charge in [0.2, 0.25) is 0 Å². The molecule has 1 rings (SSSR count). The van der Waals surface area contributed by atoms with Gasteiger partial charge in [-0.1, -0.05) is 46.3 Å². The number of hydrogen-bond acceptors (Lipinski definition) is 5. The zero-order valence-corrected chi connectivity index (χ0v) is 17.8. The third-order valence-electron chi connectivity index (χ3n) is 3.71. The molecule has 2 N–H and O–H groups in total. The molecule has 1 aromatic rings. The smallest absolute Gasteiger partial charge is 0.407 e. The SMILES string of the molecule is CC(C)(C)OC(=O)NCCCCC(NCC(=O)c1ccccc1)C(=O)CBr. The highest BCUT2D eigenvalue weighted by Gasteiger charge is 2.18. The number of carbonyl (C=O) groups is 3. The molecule has 0 aliphatic carbocycles. The Kier molecular flexibility index (Phi) is 10.3. The average molecular weight is 441 g/mol. The summed E-state index contributed by atoms with van der Waals surface area (Å²) in [6.45, 7) is 6.03.